The van der Waals surface area contributed by atoms with E-state index in [1.165, 1.54) is 0 Å². The van der Waals surface area contributed by atoms with E-state index in [0.29, 0.717) is 12.1 Å². The molecule has 0 aliphatic heterocycles. The number of halogens is 1. The first kappa shape index (κ1) is 14.9. The first-order valence-corrected chi connectivity index (χ1v) is 7.43. The van der Waals surface area contributed by atoms with E-state index in [1.54, 1.807) is 12.4 Å². The van der Waals surface area contributed by atoms with Gasteiger partial charge in [0.25, 0.3) is 0 Å². The Morgan fingerprint density at radius 2 is 2.18 bits per heavy atom. The van der Waals surface area contributed by atoms with Crippen LogP contribution in [0.1, 0.15) is 12.0 Å². The third-order valence-corrected chi connectivity index (χ3v) is 4.32. The van der Waals surface area contributed by atoms with Crippen LogP contribution in [-0.2, 0) is 0 Å². The summed E-state index contributed by atoms with van der Waals surface area (Å²) in [4.78, 5) is 4.14. The number of aromatic nitrogens is 1. The molecule has 0 bridgehead atoms. The molecule has 1 aliphatic carbocycles. The number of benzene rings is 1. The van der Waals surface area contributed by atoms with Gasteiger partial charge in [0.1, 0.15) is 5.06 Å². The normalized spacial score (nSPS) is 23.1. The number of aliphatic hydroxyl groups is 1. The van der Waals surface area contributed by atoms with E-state index in [1.807, 2.05) is 31.2 Å². The third kappa shape index (κ3) is 2.93. The topological polar surface area (TPSA) is 71.2 Å². The number of nitrogens with one attached hydrogen (secondary N) is 1. The predicted octanol–water partition coefficient (Wildman–Crippen LogP) is 3.51. The van der Waals surface area contributed by atoms with Crippen LogP contribution in [0, 0.1) is 12.8 Å². The highest BCUT2D eigenvalue weighted by Gasteiger charge is 2.53. The van der Waals surface area contributed by atoms with Crippen molar-refractivity contribution >= 4 is 23.0 Å². The van der Waals surface area contributed by atoms with Crippen molar-refractivity contribution in [1.82, 2.24) is 4.98 Å². The number of anilines is 2. The first-order chi connectivity index (χ1) is 10.4. The van der Waals surface area contributed by atoms with Crippen LogP contribution in [0.4, 0.5) is 11.4 Å². The van der Waals surface area contributed by atoms with Crippen molar-refractivity contribution in [3.05, 3.63) is 54.5 Å². The Kier molecular flexibility index (Phi) is 3.59. The fourth-order valence-electron chi connectivity index (χ4n) is 2.51. The fourth-order valence-corrected chi connectivity index (χ4v) is 2.79. The molecule has 2 unspecified atom stereocenters. The van der Waals surface area contributed by atoms with Crippen molar-refractivity contribution in [3.8, 4) is 11.1 Å². The number of alkyl halides is 1. The van der Waals surface area contributed by atoms with Gasteiger partial charge in [-0.05, 0) is 36.2 Å². The van der Waals surface area contributed by atoms with Gasteiger partial charge in [-0.15, -0.1) is 0 Å². The van der Waals surface area contributed by atoms with Crippen LogP contribution >= 0.6 is 11.6 Å². The van der Waals surface area contributed by atoms with Crippen LogP contribution in [0.3, 0.4) is 0 Å². The van der Waals surface area contributed by atoms with Crippen molar-refractivity contribution in [1.29, 1.82) is 0 Å². The van der Waals surface area contributed by atoms with E-state index < -0.39 is 5.06 Å². The van der Waals surface area contributed by atoms with E-state index in [9.17, 15) is 5.11 Å². The highest BCUT2D eigenvalue weighted by atomic mass is 35.5. The number of nitrogen functional groups attached to an aromatic ring is 1. The van der Waals surface area contributed by atoms with Gasteiger partial charge >= 0.3 is 0 Å². The minimum atomic E-state index is -1.14. The zero-order chi connectivity index (χ0) is 15.9. The summed E-state index contributed by atoms with van der Waals surface area (Å²) in [6.07, 6.45) is 3.94. The van der Waals surface area contributed by atoms with Crippen LogP contribution in [-0.4, -0.2) is 15.2 Å². The van der Waals surface area contributed by atoms with Gasteiger partial charge in [-0.1, -0.05) is 24.2 Å². The van der Waals surface area contributed by atoms with E-state index in [4.69, 9.17) is 17.3 Å². The lowest BCUT2D eigenvalue weighted by molar-refractivity contribution is 0.224. The summed E-state index contributed by atoms with van der Waals surface area (Å²) in [5.41, 5.74) is 11.2. The summed E-state index contributed by atoms with van der Waals surface area (Å²) < 4.78 is 0. The van der Waals surface area contributed by atoms with Crippen LogP contribution in [0.25, 0.3) is 11.1 Å². The number of hydrogen-bond donors (Lipinski definition) is 3. The Morgan fingerprint density at radius 3 is 2.82 bits per heavy atom. The molecule has 0 spiro atoms. The van der Waals surface area contributed by atoms with Gasteiger partial charge in [0.05, 0.1) is 5.69 Å². The van der Waals surface area contributed by atoms with Gasteiger partial charge in [0.2, 0.25) is 0 Å². The quantitative estimate of drug-likeness (QED) is 0.755. The van der Waals surface area contributed by atoms with Gasteiger partial charge in [-0.2, -0.15) is 0 Å². The molecule has 1 aliphatic rings. The lowest BCUT2D eigenvalue weighted by Gasteiger charge is -2.13. The summed E-state index contributed by atoms with van der Waals surface area (Å²) in [6.45, 7) is 6.00. The Hall–Kier alpha value is -2.04. The van der Waals surface area contributed by atoms with Gasteiger partial charge in [0, 0.05) is 41.7 Å². The second kappa shape index (κ2) is 5.30. The molecule has 0 amide bonds. The Labute approximate surface area is 134 Å². The molecule has 5 heteroatoms. The molecule has 2 atom stereocenters. The molecule has 1 heterocycles. The summed E-state index contributed by atoms with van der Waals surface area (Å²) in [7, 11) is 0. The number of hydrogen-bond acceptors (Lipinski definition) is 4. The summed E-state index contributed by atoms with van der Waals surface area (Å²) >= 11 is 5.87. The maximum atomic E-state index is 9.69. The van der Waals surface area contributed by atoms with Gasteiger partial charge < -0.3 is 16.2 Å². The highest BCUT2D eigenvalue weighted by Crippen LogP contribution is 2.50. The molecule has 1 fully saturated rings. The molecule has 0 radical (unpaired) electrons. The number of pyridine rings is 1. The molecule has 114 valence electrons. The van der Waals surface area contributed by atoms with Crippen molar-refractivity contribution < 1.29 is 5.11 Å². The van der Waals surface area contributed by atoms with Crippen LogP contribution in [0.2, 0.25) is 0 Å². The fraction of sp³-hybridized carbons (Fsp3) is 0.235. The highest BCUT2D eigenvalue weighted by molar-refractivity contribution is 6.25. The zero-order valence-corrected chi connectivity index (χ0v) is 13.1. The third-order valence-electron chi connectivity index (χ3n) is 3.90. The number of aryl methyl sites for hydroxylation is 1. The standard InChI is InChI=1S/C17H18ClN3O/c1-10-3-4-14(21-11(2)16-7-17(16,18)22)6-15(10)12-5-13(19)9-20-8-12/h3-6,8-9,16,21-22H,2,7,19H2,1H3. The zero-order valence-electron chi connectivity index (χ0n) is 12.3. The SMILES string of the molecule is C=C(Nc1ccc(C)c(-c2cncc(N)c2)c1)C1CC1(O)Cl. The van der Waals surface area contributed by atoms with Crippen LogP contribution in [0.5, 0.6) is 0 Å². The molecule has 3 rings (SSSR count). The van der Waals surface area contributed by atoms with Crippen LogP contribution in [0.15, 0.2) is 48.9 Å². The van der Waals surface area contributed by atoms with Crippen molar-refractivity contribution in [3.63, 3.8) is 0 Å². The van der Waals surface area contributed by atoms with Crippen molar-refractivity contribution in [2.24, 2.45) is 5.92 Å². The molecule has 0 saturated heterocycles. The van der Waals surface area contributed by atoms with Gasteiger partial charge in [-0.3, -0.25) is 4.98 Å². The summed E-state index contributed by atoms with van der Waals surface area (Å²) in [6, 6.07) is 7.91. The first-order valence-electron chi connectivity index (χ1n) is 7.05. The van der Waals surface area contributed by atoms with E-state index in [2.05, 4.69) is 16.9 Å². The molecular weight excluding hydrogens is 298 g/mol. The number of nitrogens with zero attached hydrogens (tertiary/aromatic N) is 1. The second-order valence-corrected chi connectivity index (χ2v) is 6.42. The molecule has 4 N–H and O–H groups in total. The van der Waals surface area contributed by atoms with E-state index >= 15 is 0 Å². The average molecular weight is 316 g/mol. The van der Waals surface area contributed by atoms with Crippen LogP contribution < -0.4 is 11.1 Å². The summed E-state index contributed by atoms with van der Waals surface area (Å²) in [5.74, 6) is -0.118. The molecule has 22 heavy (non-hydrogen) atoms. The maximum Gasteiger partial charge on any atom is 0.147 e. The number of rotatable bonds is 4. The monoisotopic (exact) mass is 315 g/mol. The largest absolute Gasteiger partial charge is 0.397 e. The Balaban J connectivity index is 1.86. The van der Waals surface area contributed by atoms with Crippen molar-refractivity contribution in [2.45, 2.75) is 18.4 Å². The molecule has 1 saturated carbocycles. The minimum Gasteiger partial charge on any atom is -0.397 e. The molecule has 2 aromatic rings. The number of nitrogens with two attached hydrogens (primary N) is 1. The van der Waals surface area contributed by atoms with E-state index in [-0.39, 0.29) is 5.92 Å². The predicted molar refractivity (Wildman–Crippen MR) is 90.5 cm³/mol. The summed E-state index contributed by atoms with van der Waals surface area (Å²) in [5, 5.41) is 11.8. The molecule has 1 aromatic heterocycles. The molecule has 4 nitrogen and oxygen atoms in total. The van der Waals surface area contributed by atoms with Gasteiger partial charge in [0.15, 0.2) is 0 Å². The molecule has 1 aromatic carbocycles. The van der Waals surface area contributed by atoms with Crippen molar-refractivity contribution in [2.75, 3.05) is 11.1 Å². The lowest BCUT2D eigenvalue weighted by Crippen LogP contribution is -2.07. The second-order valence-electron chi connectivity index (χ2n) is 5.76. The average Bonchev–Trinajstić information content (AvgIpc) is 3.10. The molecular formula is C17H18ClN3O. The minimum absolute atomic E-state index is 0.118. The van der Waals surface area contributed by atoms with Gasteiger partial charge in [-0.25, -0.2) is 0 Å². The van der Waals surface area contributed by atoms with E-state index in [0.717, 1.165) is 28.1 Å². The Bertz CT molecular complexity index is 742. The smallest absolute Gasteiger partial charge is 0.147 e. The lowest BCUT2D eigenvalue weighted by atomic mass is 10.0. The Morgan fingerprint density at radius 1 is 1.45 bits per heavy atom. The maximum absolute atomic E-state index is 9.69.